The lowest BCUT2D eigenvalue weighted by Crippen LogP contribution is -2.50. The maximum atomic E-state index is 13.1. The molecule has 2 aliphatic rings. The highest BCUT2D eigenvalue weighted by Gasteiger charge is 2.35. The summed E-state index contributed by atoms with van der Waals surface area (Å²) in [6, 6.07) is 6.45. The van der Waals surface area contributed by atoms with Crippen LogP contribution in [-0.4, -0.2) is 51.2 Å². The second-order valence-electron chi connectivity index (χ2n) is 8.83. The molecule has 6 heteroatoms. The lowest BCUT2D eigenvalue weighted by atomic mass is 9.93. The van der Waals surface area contributed by atoms with Gasteiger partial charge >= 0.3 is 0 Å². The highest BCUT2D eigenvalue weighted by Crippen LogP contribution is 2.28. The zero-order valence-corrected chi connectivity index (χ0v) is 17.6. The van der Waals surface area contributed by atoms with Gasteiger partial charge in [-0.3, -0.25) is 9.59 Å². The number of imidazole rings is 1. The standard InChI is InChI=1S/C23H32N4O2/c1-16-9-11-19-20(13-16)25-21(24-19)15-26(2)23(29)17-10-12-22(28)27(14-17)18-7-5-3-4-6-8-18/h9,11,13,17-18H,3-8,10,12,14-15H2,1-2H3,(H,24,25)/t17-/m0/s1. The first-order valence-corrected chi connectivity index (χ1v) is 11.0. The third-order valence-electron chi connectivity index (χ3n) is 6.51. The van der Waals surface area contributed by atoms with Crippen LogP contribution in [0, 0.1) is 12.8 Å². The number of piperidine rings is 1. The molecule has 2 aromatic rings. The summed E-state index contributed by atoms with van der Waals surface area (Å²) in [7, 11) is 1.84. The molecule has 1 aromatic heterocycles. The Kier molecular flexibility index (Phi) is 5.88. The maximum Gasteiger partial charge on any atom is 0.227 e. The van der Waals surface area contributed by atoms with Gasteiger partial charge in [-0.1, -0.05) is 31.7 Å². The minimum Gasteiger partial charge on any atom is -0.340 e. The lowest BCUT2D eigenvalue weighted by Gasteiger charge is -2.38. The van der Waals surface area contributed by atoms with E-state index in [1.165, 1.54) is 31.2 Å². The van der Waals surface area contributed by atoms with E-state index < -0.39 is 0 Å². The Morgan fingerprint density at radius 3 is 2.72 bits per heavy atom. The highest BCUT2D eigenvalue weighted by atomic mass is 16.2. The van der Waals surface area contributed by atoms with Crippen LogP contribution in [-0.2, 0) is 16.1 Å². The van der Waals surface area contributed by atoms with Gasteiger partial charge in [0.25, 0.3) is 0 Å². The average Bonchev–Trinajstić information content (AvgIpc) is 2.91. The molecule has 1 N–H and O–H groups in total. The van der Waals surface area contributed by atoms with E-state index in [1.807, 2.05) is 24.1 Å². The summed E-state index contributed by atoms with van der Waals surface area (Å²) in [5.74, 6) is 1.05. The van der Waals surface area contributed by atoms with Crippen LogP contribution in [0.4, 0.5) is 0 Å². The van der Waals surface area contributed by atoms with Gasteiger partial charge in [-0.05, 0) is 43.9 Å². The van der Waals surface area contributed by atoms with Crippen LogP contribution >= 0.6 is 0 Å². The fraction of sp³-hybridized carbons (Fsp3) is 0.609. The predicted octanol–water partition coefficient (Wildman–Crippen LogP) is 3.79. The number of nitrogens with one attached hydrogen (secondary N) is 1. The number of H-pyrrole nitrogens is 1. The number of amides is 2. The van der Waals surface area contributed by atoms with E-state index in [9.17, 15) is 9.59 Å². The third-order valence-corrected chi connectivity index (χ3v) is 6.51. The van der Waals surface area contributed by atoms with Gasteiger partial charge in [-0.15, -0.1) is 0 Å². The van der Waals surface area contributed by atoms with Crippen molar-refractivity contribution in [3.8, 4) is 0 Å². The summed E-state index contributed by atoms with van der Waals surface area (Å²) in [5, 5.41) is 0. The summed E-state index contributed by atoms with van der Waals surface area (Å²) in [6.45, 7) is 3.09. The zero-order valence-electron chi connectivity index (χ0n) is 17.6. The molecule has 2 heterocycles. The average molecular weight is 397 g/mol. The third kappa shape index (κ3) is 4.46. The monoisotopic (exact) mass is 396 g/mol. The van der Waals surface area contributed by atoms with Crippen molar-refractivity contribution in [2.24, 2.45) is 5.92 Å². The second kappa shape index (κ2) is 8.56. The number of nitrogens with zero attached hydrogens (tertiary/aromatic N) is 3. The first-order valence-electron chi connectivity index (χ1n) is 11.0. The van der Waals surface area contributed by atoms with Crippen molar-refractivity contribution in [2.75, 3.05) is 13.6 Å². The normalized spacial score (nSPS) is 21.4. The van der Waals surface area contributed by atoms with Gasteiger partial charge in [0.1, 0.15) is 5.82 Å². The van der Waals surface area contributed by atoms with Gasteiger partial charge in [0.2, 0.25) is 11.8 Å². The fourth-order valence-corrected chi connectivity index (χ4v) is 4.86. The van der Waals surface area contributed by atoms with Gasteiger partial charge in [-0.25, -0.2) is 4.98 Å². The number of hydrogen-bond acceptors (Lipinski definition) is 3. The van der Waals surface area contributed by atoms with Crippen LogP contribution in [0.1, 0.15) is 62.8 Å². The van der Waals surface area contributed by atoms with Gasteiger partial charge in [0, 0.05) is 26.1 Å². The number of rotatable bonds is 4. The molecule has 1 aliphatic carbocycles. The number of benzene rings is 1. The van der Waals surface area contributed by atoms with Crippen molar-refractivity contribution < 1.29 is 9.59 Å². The van der Waals surface area contributed by atoms with Crippen LogP contribution in [0.2, 0.25) is 0 Å². The summed E-state index contributed by atoms with van der Waals surface area (Å²) in [6.07, 6.45) is 8.23. The number of likely N-dealkylation sites (tertiary alicyclic amines) is 1. The molecular weight excluding hydrogens is 364 g/mol. The molecule has 1 saturated heterocycles. The molecule has 29 heavy (non-hydrogen) atoms. The van der Waals surface area contributed by atoms with Crippen molar-refractivity contribution in [2.45, 2.75) is 70.9 Å². The molecular formula is C23H32N4O2. The van der Waals surface area contributed by atoms with Crippen LogP contribution in [0.15, 0.2) is 18.2 Å². The molecule has 1 aliphatic heterocycles. The summed E-state index contributed by atoms with van der Waals surface area (Å²) in [5.41, 5.74) is 3.11. The zero-order chi connectivity index (χ0) is 20.4. The predicted molar refractivity (Wildman–Crippen MR) is 113 cm³/mol. The molecule has 0 unspecified atom stereocenters. The largest absolute Gasteiger partial charge is 0.340 e. The van der Waals surface area contributed by atoms with Crippen LogP contribution in [0.25, 0.3) is 11.0 Å². The lowest BCUT2D eigenvalue weighted by molar-refractivity contribution is -0.144. The van der Waals surface area contributed by atoms with Crippen LogP contribution in [0.3, 0.4) is 0 Å². The fourth-order valence-electron chi connectivity index (χ4n) is 4.86. The number of aryl methyl sites for hydroxylation is 1. The first-order chi connectivity index (χ1) is 14.0. The Labute approximate surface area is 172 Å². The quantitative estimate of drug-likeness (QED) is 0.800. The highest BCUT2D eigenvalue weighted by molar-refractivity contribution is 5.84. The van der Waals surface area contributed by atoms with Crippen LogP contribution < -0.4 is 0 Å². The molecule has 1 saturated carbocycles. The molecule has 156 valence electrons. The van der Waals surface area contributed by atoms with E-state index >= 15 is 0 Å². The minimum absolute atomic E-state index is 0.104. The Morgan fingerprint density at radius 2 is 1.97 bits per heavy atom. The molecule has 1 atom stereocenters. The molecule has 0 bridgehead atoms. The molecule has 1 aromatic carbocycles. The smallest absolute Gasteiger partial charge is 0.227 e. The number of carbonyl (C=O) groups is 2. The number of carbonyl (C=O) groups excluding carboxylic acids is 2. The SMILES string of the molecule is Cc1ccc2nc(CN(C)C(=O)[C@H]3CCC(=O)N(C4CCCCCC4)C3)[nH]c2c1. The van der Waals surface area contributed by atoms with E-state index in [0.29, 0.717) is 32.0 Å². The van der Waals surface area contributed by atoms with E-state index in [0.717, 1.165) is 29.7 Å². The van der Waals surface area contributed by atoms with E-state index in [4.69, 9.17) is 0 Å². The number of fused-ring (bicyclic) bond motifs is 1. The van der Waals surface area contributed by atoms with Crippen molar-refractivity contribution in [3.63, 3.8) is 0 Å². The van der Waals surface area contributed by atoms with Gasteiger partial charge in [0.05, 0.1) is 23.5 Å². The van der Waals surface area contributed by atoms with E-state index in [1.54, 1.807) is 4.90 Å². The molecule has 0 spiro atoms. The second-order valence-corrected chi connectivity index (χ2v) is 8.83. The van der Waals surface area contributed by atoms with Crippen molar-refractivity contribution >= 4 is 22.8 Å². The first kappa shape index (κ1) is 19.9. The van der Waals surface area contributed by atoms with Gasteiger partial charge in [-0.2, -0.15) is 0 Å². The van der Waals surface area contributed by atoms with E-state index in [2.05, 4.69) is 23.0 Å². The number of aromatic amines is 1. The van der Waals surface area contributed by atoms with Crippen LogP contribution in [0.5, 0.6) is 0 Å². The van der Waals surface area contributed by atoms with Gasteiger partial charge < -0.3 is 14.8 Å². The Morgan fingerprint density at radius 1 is 1.21 bits per heavy atom. The topological polar surface area (TPSA) is 69.3 Å². The Hall–Kier alpha value is -2.37. The van der Waals surface area contributed by atoms with Crippen molar-refractivity contribution in [1.82, 2.24) is 19.8 Å². The molecule has 6 nitrogen and oxygen atoms in total. The van der Waals surface area contributed by atoms with E-state index in [-0.39, 0.29) is 17.7 Å². The summed E-state index contributed by atoms with van der Waals surface area (Å²) < 4.78 is 0. The molecule has 4 rings (SSSR count). The Balaban J connectivity index is 1.41. The van der Waals surface area contributed by atoms with Crippen molar-refractivity contribution in [1.29, 1.82) is 0 Å². The molecule has 2 amide bonds. The summed E-state index contributed by atoms with van der Waals surface area (Å²) >= 11 is 0. The summed E-state index contributed by atoms with van der Waals surface area (Å²) in [4.78, 5) is 37.4. The number of aromatic nitrogens is 2. The molecule has 2 fully saturated rings. The van der Waals surface area contributed by atoms with Gasteiger partial charge in [0.15, 0.2) is 0 Å². The molecule has 0 radical (unpaired) electrons. The number of hydrogen-bond donors (Lipinski definition) is 1. The van der Waals surface area contributed by atoms with Crippen molar-refractivity contribution in [3.05, 3.63) is 29.6 Å². The Bertz CT molecular complexity index is 882. The minimum atomic E-state index is -0.104. The maximum absolute atomic E-state index is 13.1.